The SMILES string of the molecule is Cc1c(C(=O)OC(C)(C)C)c(NC(=O)C(F)(F)F)n(C(=O)c2ccccc2)c1C. The van der Waals surface area contributed by atoms with Crippen molar-refractivity contribution in [3.05, 3.63) is 52.7 Å². The van der Waals surface area contributed by atoms with Crippen LogP contribution in [0.4, 0.5) is 19.0 Å². The van der Waals surface area contributed by atoms with Gasteiger partial charge in [-0.25, -0.2) is 4.79 Å². The van der Waals surface area contributed by atoms with Crippen LogP contribution in [0, 0.1) is 13.8 Å². The number of hydrogen-bond donors (Lipinski definition) is 1. The number of rotatable bonds is 3. The second-order valence-electron chi connectivity index (χ2n) is 7.39. The third-order valence-electron chi connectivity index (χ3n) is 4.03. The molecule has 1 aromatic heterocycles. The van der Waals surface area contributed by atoms with Gasteiger partial charge in [0.25, 0.3) is 5.91 Å². The fourth-order valence-corrected chi connectivity index (χ4v) is 2.65. The fourth-order valence-electron chi connectivity index (χ4n) is 2.65. The van der Waals surface area contributed by atoms with Gasteiger partial charge >= 0.3 is 18.1 Å². The Morgan fingerprint density at radius 3 is 2.03 bits per heavy atom. The second-order valence-corrected chi connectivity index (χ2v) is 7.39. The third-order valence-corrected chi connectivity index (χ3v) is 4.03. The number of anilines is 1. The molecule has 0 aliphatic rings. The van der Waals surface area contributed by atoms with Crippen LogP contribution in [0.15, 0.2) is 30.3 Å². The Bertz CT molecular complexity index is 955. The highest BCUT2D eigenvalue weighted by molar-refractivity contribution is 6.08. The van der Waals surface area contributed by atoms with E-state index in [2.05, 4.69) is 0 Å². The van der Waals surface area contributed by atoms with Gasteiger partial charge < -0.3 is 10.1 Å². The van der Waals surface area contributed by atoms with Crippen LogP contribution < -0.4 is 5.32 Å². The summed E-state index contributed by atoms with van der Waals surface area (Å²) in [7, 11) is 0. The first-order chi connectivity index (χ1) is 13.2. The lowest BCUT2D eigenvalue weighted by atomic mass is 10.1. The summed E-state index contributed by atoms with van der Waals surface area (Å²) in [5.41, 5.74) is -0.643. The van der Waals surface area contributed by atoms with Gasteiger partial charge in [0.15, 0.2) is 0 Å². The van der Waals surface area contributed by atoms with Crippen molar-refractivity contribution in [2.24, 2.45) is 0 Å². The van der Waals surface area contributed by atoms with Crippen molar-refractivity contribution in [1.82, 2.24) is 4.57 Å². The number of ether oxygens (including phenoxy) is 1. The molecule has 29 heavy (non-hydrogen) atoms. The van der Waals surface area contributed by atoms with E-state index in [0.717, 1.165) is 4.57 Å². The monoisotopic (exact) mass is 410 g/mol. The Morgan fingerprint density at radius 1 is 1.00 bits per heavy atom. The summed E-state index contributed by atoms with van der Waals surface area (Å²) in [6.07, 6.45) is -5.21. The molecule has 0 atom stereocenters. The van der Waals surface area contributed by atoms with E-state index in [4.69, 9.17) is 4.74 Å². The first kappa shape index (κ1) is 22.2. The van der Waals surface area contributed by atoms with Crippen LogP contribution in [-0.2, 0) is 9.53 Å². The topological polar surface area (TPSA) is 77.4 Å². The summed E-state index contributed by atoms with van der Waals surface area (Å²) in [5, 5.41) is 1.68. The normalized spacial score (nSPS) is 11.9. The van der Waals surface area contributed by atoms with Gasteiger partial charge in [-0.2, -0.15) is 13.2 Å². The number of halogens is 3. The Hall–Kier alpha value is -3.10. The molecular weight excluding hydrogens is 389 g/mol. The summed E-state index contributed by atoms with van der Waals surface area (Å²) < 4.78 is 44.8. The van der Waals surface area contributed by atoms with Crippen molar-refractivity contribution in [3.63, 3.8) is 0 Å². The molecule has 156 valence electrons. The average molecular weight is 410 g/mol. The van der Waals surface area contributed by atoms with E-state index in [1.54, 1.807) is 44.3 Å². The zero-order valence-electron chi connectivity index (χ0n) is 16.6. The van der Waals surface area contributed by atoms with Crippen molar-refractivity contribution < 1.29 is 32.3 Å². The molecule has 1 heterocycles. The van der Waals surface area contributed by atoms with Crippen LogP contribution in [-0.4, -0.2) is 34.1 Å². The number of aromatic nitrogens is 1. The Kier molecular flexibility index (Phi) is 5.91. The van der Waals surface area contributed by atoms with E-state index in [-0.39, 0.29) is 22.4 Å². The van der Waals surface area contributed by atoms with Gasteiger partial charge in [0.1, 0.15) is 17.0 Å². The molecule has 6 nitrogen and oxygen atoms in total. The molecule has 2 rings (SSSR count). The summed E-state index contributed by atoms with van der Waals surface area (Å²) in [6, 6.07) is 7.78. The fraction of sp³-hybridized carbons (Fsp3) is 0.350. The van der Waals surface area contributed by atoms with E-state index in [9.17, 15) is 27.6 Å². The molecule has 0 unspecified atom stereocenters. The first-order valence-corrected chi connectivity index (χ1v) is 8.67. The van der Waals surface area contributed by atoms with E-state index in [1.165, 1.54) is 26.0 Å². The average Bonchev–Trinajstić information content (AvgIpc) is 2.83. The number of alkyl halides is 3. The maximum Gasteiger partial charge on any atom is 0.471 e. The van der Waals surface area contributed by atoms with Gasteiger partial charge in [-0.3, -0.25) is 14.2 Å². The molecule has 1 amide bonds. The van der Waals surface area contributed by atoms with E-state index in [1.807, 2.05) is 0 Å². The third kappa shape index (κ3) is 4.85. The Balaban J connectivity index is 2.69. The van der Waals surface area contributed by atoms with Gasteiger partial charge in [0, 0.05) is 11.3 Å². The molecule has 9 heteroatoms. The lowest BCUT2D eigenvalue weighted by Gasteiger charge is -2.20. The molecular formula is C20H21F3N2O4. The Morgan fingerprint density at radius 2 is 1.55 bits per heavy atom. The van der Waals surface area contributed by atoms with E-state index < -0.39 is 35.4 Å². The molecule has 2 aromatic rings. The van der Waals surface area contributed by atoms with Gasteiger partial charge in [-0.1, -0.05) is 18.2 Å². The zero-order valence-corrected chi connectivity index (χ0v) is 16.6. The van der Waals surface area contributed by atoms with Crippen molar-refractivity contribution >= 4 is 23.6 Å². The molecule has 1 aromatic carbocycles. The highest BCUT2D eigenvalue weighted by atomic mass is 19.4. The number of esters is 1. The second kappa shape index (κ2) is 7.73. The number of carbonyl (C=O) groups is 3. The molecule has 0 aliphatic heterocycles. The van der Waals surface area contributed by atoms with Crippen molar-refractivity contribution in [2.45, 2.75) is 46.4 Å². The van der Waals surface area contributed by atoms with Crippen LogP contribution in [0.1, 0.15) is 52.7 Å². The molecule has 0 aliphatic carbocycles. The van der Waals surface area contributed by atoms with Crippen LogP contribution in [0.3, 0.4) is 0 Å². The molecule has 0 fully saturated rings. The van der Waals surface area contributed by atoms with Crippen molar-refractivity contribution in [3.8, 4) is 0 Å². The standard InChI is InChI=1S/C20H21F3N2O4/c1-11-12(2)25(16(26)13-9-7-6-8-10-13)15(24-18(28)20(21,22)23)14(11)17(27)29-19(3,4)5/h6-10H,1-5H3,(H,24,28). The predicted molar refractivity (Wildman–Crippen MR) is 99.9 cm³/mol. The van der Waals surface area contributed by atoms with Gasteiger partial charge in [0.05, 0.1) is 0 Å². The number of nitrogens with one attached hydrogen (secondary N) is 1. The summed E-state index contributed by atoms with van der Waals surface area (Å²) in [5.74, 6) is -4.53. The Labute approximate surface area is 165 Å². The molecule has 0 saturated heterocycles. The summed E-state index contributed by atoms with van der Waals surface area (Å²) in [4.78, 5) is 37.3. The lowest BCUT2D eigenvalue weighted by molar-refractivity contribution is -0.167. The highest BCUT2D eigenvalue weighted by Crippen LogP contribution is 2.31. The maximum absolute atomic E-state index is 13.0. The van der Waals surface area contributed by atoms with Crippen LogP contribution in [0.2, 0.25) is 0 Å². The minimum Gasteiger partial charge on any atom is -0.456 e. The number of hydrogen-bond acceptors (Lipinski definition) is 4. The first-order valence-electron chi connectivity index (χ1n) is 8.67. The molecule has 0 bridgehead atoms. The number of benzene rings is 1. The smallest absolute Gasteiger partial charge is 0.456 e. The lowest BCUT2D eigenvalue weighted by Crippen LogP contribution is -2.33. The number of carbonyl (C=O) groups excluding carboxylic acids is 3. The quantitative estimate of drug-likeness (QED) is 0.768. The van der Waals surface area contributed by atoms with Crippen LogP contribution >= 0.6 is 0 Å². The van der Waals surface area contributed by atoms with Crippen LogP contribution in [0.25, 0.3) is 0 Å². The van der Waals surface area contributed by atoms with Gasteiger partial charge in [-0.15, -0.1) is 0 Å². The molecule has 0 spiro atoms. The van der Waals surface area contributed by atoms with Gasteiger partial charge in [-0.05, 0) is 52.3 Å². The largest absolute Gasteiger partial charge is 0.471 e. The van der Waals surface area contributed by atoms with Crippen molar-refractivity contribution in [1.29, 1.82) is 0 Å². The highest BCUT2D eigenvalue weighted by Gasteiger charge is 2.41. The predicted octanol–water partition coefficient (Wildman–Crippen LogP) is 4.25. The minimum absolute atomic E-state index is 0.170. The van der Waals surface area contributed by atoms with E-state index >= 15 is 0 Å². The summed E-state index contributed by atoms with van der Waals surface area (Å²) >= 11 is 0. The summed E-state index contributed by atoms with van der Waals surface area (Å²) in [6.45, 7) is 7.70. The molecule has 1 N–H and O–H groups in total. The molecule has 0 radical (unpaired) electrons. The van der Waals surface area contributed by atoms with E-state index in [0.29, 0.717) is 0 Å². The van der Waals surface area contributed by atoms with Crippen molar-refractivity contribution in [2.75, 3.05) is 5.32 Å². The number of amides is 1. The molecule has 0 saturated carbocycles. The number of nitrogens with zero attached hydrogens (tertiary/aromatic N) is 1. The maximum atomic E-state index is 13.0. The minimum atomic E-state index is -5.21. The zero-order chi connectivity index (χ0) is 22.1. The van der Waals surface area contributed by atoms with Gasteiger partial charge in [0.2, 0.25) is 0 Å². The van der Waals surface area contributed by atoms with Crippen LogP contribution in [0.5, 0.6) is 0 Å².